The number of hydrogen-bond acceptors (Lipinski definition) is 5. The van der Waals surface area contributed by atoms with Gasteiger partial charge in [0.25, 0.3) is 0 Å². The quantitative estimate of drug-likeness (QED) is 0.839. The zero-order chi connectivity index (χ0) is 14.2. The van der Waals surface area contributed by atoms with E-state index in [1.807, 2.05) is 25.1 Å². The summed E-state index contributed by atoms with van der Waals surface area (Å²) in [5.74, 6) is 1.52. The van der Waals surface area contributed by atoms with Gasteiger partial charge in [0.1, 0.15) is 12.4 Å². The molecule has 5 heteroatoms. The van der Waals surface area contributed by atoms with E-state index in [1.54, 1.807) is 12.4 Å². The number of rotatable bonds is 7. The van der Waals surface area contributed by atoms with Gasteiger partial charge in [-0.15, -0.1) is 0 Å². The van der Waals surface area contributed by atoms with Gasteiger partial charge in [0.05, 0.1) is 5.69 Å². The Hall–Kier alpha value is -2.01. The first-order valence-corrected chi connectivity index (χ1v) is 6.93. The van der Waals surface area contributed by atoms with Crippen LogP contribution in [0.3, 0.4) is 0 Å². The van der Waals surface area contributed by atoms with Gasteiger partial charge in [-0.25, -0.2) is 9.97 Å². The van der Waals surface area contributed by atoms with Crippen LogP contribution in [0.4, 0.5) is 5.82 Å². The van der Waals surface area contributed by atoms with Crippen LogP contribution in [0.25, 0.3) is 11.3 Å². The van der Waals surface area contributed by atoms with E-state index in [-0.39, 0.29) is 0 Å². The highest BCUT2D eigenvalue weighted by Crippen LogP contribution is 2.19. The van der Waals surface area contributed by atoms with Crippen LogP contribution >= 0.6 is 0 Å². The normalized spacial score (nSPS) is 10.5. The molecule has 2 aromatic rings. The maximum Gasteiger partial charge on any atom is 0.157 e. The van der Waals surface area contributed by atoms with Crippen molar-refractivity contribution in [2.75, 3.05) is 18.5 Å². The zero-order valence-corrected chi connectivity index (χ0v) is 12.0. The molecule has 0 saturated carbocycles. The highest BCUT2D eigenvalue weighted by Gasteiger charge is 2.06. The molecule has 2 rings (SSSR count). The van der Waals surface area contributed by atoms with Crippen LogP contribution in [-0.4, -0.2) is 28.1 Å². The van der Waals surface area contributed by atoms with E-state index in [0.29, 0.717) is 19.0 Å². The Bertz CT molecular complexity index is 504. The van der Waals surface area contributed by atoms with Crippen molar-refractivity contribution in [2.45, 2.75) is 26.9 Å². The summed E-state index contributed by atoms with van der Waals surface area (Å²) < 4.78 is 5.40. The summed E-state index contributed by atoms with van der Waals surface area (Å²) in [6, 6.07) is 5.84. The SMILES string of the molecule is CCCNc1cc(-c2cccnc2)nc(COCC)n1. The molecule has 0 unspecified atom stereocenters. The Labute approximate surface area is 119 Å². The molecule has 0 saturated heterocycles. The second kappa shape index (κ2) is 7.55. The smallest absolute Gasteiger partial charge is 0.157 e. The summed E-state index contributed by atoms with van der Waals surface area (Å²) in [7, 11) is 0. The fourth-order valence-corrected chi connectivity index (χ4v) is 1.76. The molecule has 5 nitrogen and oxygen atoms in total. The van der Waals surface area contributed by atoms with Gasteiger partial charge in [-0.05, 0) is 25.5 Å². The van der Waals surface area contributed by atoms with Crippen molar-refractivity contribution < 1.29 is 4.74 Å². The summed E-state index contributed by atoms with van der Waals surface area (Å²) in [5.41, 5.74) is 1.84. The molecular weight excluding hydrogens is 252 g/mol. The predicted molar refractivity (Wildman–Crippen MR) is 79.4 cm³/mol. The fourth-order valence-electron chi connectivity index (χ4n) is 1.76. The zero-order valence-electron chi connectivity index (χ0n) is 12.0. The molecule has 0 aliphatic heterocycles. The summed E-state index contributed by atoms with van der Waals surface area (Å²) >= 11 is 0. The van der Waals surface area contributed by atoms with E-state index in [0.717, 1.165) is 30.0 Å². The van der Waals surface area contributed by atoms with Crippen LogP contribution in [0.5, 0.6) is 0 Å². The number of anilines is 1. The van der Waals surface area contributed by atoms with Gasteiger partial charge in [0.2, 0.25) is 0 Å². The van der Waals surface area contributed by atoms with Crippen molar-refractivity contribution in [1.82, 2.24) is 15.0 Å². The molecule has 2 heterocycles. The lowest BCUT2D eigenvalue weighted by atomic mass is 10.2. The molecule has 1 N–H and O–H groups in total. The molecule has 106 valence electrons. The molecule has 0 atom stereocenters. The first-order chi connectivity index (χ1) is 9.83. The summed E-state index contributed by atoms with van der Waals surface area (Å²) in [5, 5.41) is 3.29. The van der Waals surface area contributed by atoms with Crippen molar-refractivity contribution in [2.24, 2.45) is 0 Å². The second-order valence-electron chi connectivity index (χ2n) is 4.36. The molecule has 2 aromatic heterocycles. The van der Waals surface area contributed by atoms with Crippen LogP contribution in [0.15, 0.2) is 30.6 Å². The highest BCUT2D eigenvalue weighted by atomic mass is 16.5. The summed E-state index contributed by atoms with van der Waals surface area (Å²) in [6.45, 7) is 6.04. The second-order valence-corrected chi connectivity index (χ2v) is 4.36. The van der Waals surface area contributed by atoms with E-state index < -0.39 is 0 Å². The van der Waals surface area contributed by atoms with Gasteiger partial charge < -0.3 is 10.1 Å². The molecule has 0 spiro atoms. The van der Waals surface area contributed by atoms with E-state index in [4.69, 9.17) is 4.74 Å². The van der Waals surface area contributed by atoms with Crippen LogP contribution in [0.2, 0.25) is 0 Å². The van der Waals surface area contributed by atoms with Crippen LogP contribution in [0.1, 0.15) is 26.1 Å². The fraction of sp³-hybridized carbons (Fsp3) is 0.400. The molecular formula is C15H20N4O. The molecule has 0 aliphatic rings. The van der Waals surface area contributed by atoms with Gasteiger partial charge in [-0.3, -0.25) is 4.98 Å². The third-order valence-electron chi connectivity index (χ3n) is 2.72. The Balaban J connectivity index is 2.29. The third-order valence-corrected chi connectivity index (χ3v) is 2.72. The minimum atomic E-state index is 0.422. The van der Waals surface area contributed by atoms with Gasteiger partial charge in [0.15, 0.2) is 5.82 Å². The van der Waals surface area contributed by atoms with Crippen LogP contribution in [-0.2, 0) is 11.3 Å². The lowest BCUT2D eigenvalue weighted by Gasteiger charge is -2.09. The number of nitrogens with zero attached hydrogens (tertiary/aromatic N) is 3. The molecule has 0 radical (unpaired) electrons. The molecule has 20 heavy (non-hydrogen) atoms. The number of aromatic nitrogens is 3. The molecule has 0 amide bonds. The average Bonchev–Trinajstić information content (AvgIpc) is 2.51. The molecule has 0 fully saturated rings. The van der Waals surface area contributed by atoms with Gasteiger partial charge in [-0.2, -0.15) is 0 Å². The average molecular weight is 272 g/mol. The van der Waals surface area contributed by atoms with Gasteiger partial charge in [-0.1, -0.05) is 6.92 Å². The van der Waals surface area contributed by atoms with E-state index >= 15 is 0 Å². The Kier molecular flexibility index (Phi) is 5.43. The van der Waals surface area contributed by atoms with Crippen LogP contribution < -0.4 is 5.32 Å². The van der Waals surface area contributed by atoms with E-state index in [1.165, 1.54) is 0 Å². The Morgan fingerprint density at radius 1 is 1.25 bits per heavy atom. The van der Waals surface area contributed by atoms with E-state index in [2.05, 4.69) is 27.2 Å². The number of pyridine rings is 1. The number of hydrogen-bond donors (Lipinski definition) is 1. The Morgan fingerprint density at radius 2 is 2.15 bits per heavy atom. The maximum atomic E-state index is 5.40. The first-order valence-electron chi connectivity index (χ1n) is 6.93. The van der Waals surface area contributed by atoms with Crippen molar-refractivity contribution in [3.05, 3.63) is 36.4 Å². The maximum absolute atomic E-state index is 5.40. The van der Waals surface area contributed by atoms with Crippen molar-refractivity contribution in [1.29, 1.82) is 0 Å². The third kappa shape index (κ3) is 3.99. The minimum Gasteiger partial charge on any atom is -0.374 e. The lowest BCUT2D eigenvalue weighted by molar-refractivity contribution is 0.128. The van der Waals surface area contributed by atoms with Crippen LogP contribution in [0, 0.1) is 0 Å². The van der Waals surface area contributed by atoms with Crippen molar-refractivity contribution in [3.8, 4) is 11.3 Å². The number of nitrogens with one attached hydrogen (secondary N) is 1. The molecule has 0 aliphatic carbocycles. The highest BCUT2D eigenvalue weighted by molar-refractivity contribution is 5.61. The minimum absolute atomic E-state index is 0.422. The topological polar surface area (TPSA) is 59.9 Å². The first kappa shape index (κ1) is 14.4. The lowest BCUT2D eigenvalue weighted by Crippen LogP contribution is -2.07. The van der Waals surface area contributed by atoms with Crippen molar-refractivity contribution in [3.63, 3.8) is 0 Å². The van der Waals surface area contributed by atoms with Gasteiger partial charge in [0, 0.05) is 37.2 Å². The number of ether oxygens (including phenoxy) is 1. The standard InChI is InChI=1S/C15H20N4O/c1-3-7-17-14-9-13(12-6-5-8-16-10-12)18-15(19-14)11-20-4-2/h5-6,8-10H,3-4,7,11H2,1-2H3,(H,17,18,19). The largest absolute Gasteiger partial charge is 0.374 e. The van der Waals surface area contributed by atoms with E-state index in [9.17, 15) is 0 Å². The molecule has 0 aromatic carbocycles. The summed E-state index contributed by atoms with van der Waals surface area (Å²) in [4.78, 5) is 13.1. The Morgan fingerprint density at radius 3 is 2.85 bits per heavy atom. The summed E-state index contributed by atoms with van der Waals surface area (Å²) in [6.07, 6.45) is 4.60. The van der Waals surface area contributed by atoms with Gasteiger partial charge >= 0.3 is 0 Å². The monoisotopic (exact) mass is 272 g/mol. The molecule has 0 bridgehead atoms. The van der Waals surface area contributed by atoms with Crippen molar-refractivity contribution >= 4 is 5.82 Å². The predicted octanol–water partition coefficient (Wildman–Crippen LogP) is 2.90.